The zero-order valence-electron chi connectivity index (χ0n) is 14.0. The minimum atomic E-state index is 0.0754. The molecule has 2 aromatic heterocycles. The van der Waals surface area contributed by atoms with E-state index in [1.807, 2.05) is 11.9 Å². The van der Waals surface area contributed by atoms with Gasteiger partial charge in [0.25, 0.3) is 0 Å². The molecule has 1 aliphatic heterocycles. The van der Waals surface area contributed by atoms with E-state index in [-0.39, 0.29) is 12.3 Å². The highest BCUT2D eigenvalue weighted by Crippen LogP contribution is 2.23. The number of anilines is 1. The molecule has 1 atom stereocenters. The number of aromatic nitrogens is 4. The lowest BCUT2D eigenvalue weighted by atomic mass is 9.93. The maximum absolute atomic E-state index is 12.5. The molecule has 3 rings (SSSR count). The molecule has 8 nitrogen and oxygen atoms in total. The summed E-state index contributed by atoms with van der Waals surface area (Å²) in [4.78, 5) is 23.2. The first kappa shape index (κ1) is 16.4. The van der Waals surface area contributed by atoms with E-state index in [1.54, 1.807) is 19.3 Å². The Bertz CT molecular complexity index is 701. The largest absolute Gasteiger partial charge is 0.372 e. The summed E-state index contributed by atoms with van der Waals surface area (Å²) in [6.07, 6.45) is 6.55. The fourth-order valence-electron chi connectivity index (χ4n) is 3.12. The molecule has 0 radical (unpaired) electrons. The fraction of sp³-hybridized carbons (Fsp3) is 0.562. The van der Waals surface area contributed by atoms with Crippen LogP contribution in [0.5, 0.6) is 0 Å². The average molecular weight is 330 g/mol. The Morgan fingerprint density at radius 3 is 2.92 bits per heavy atom. The molecular weight excluding hydrogens is 308 g/mol. The van der Waals surface area contributed by atoms with Crippen molar-refractivity contribution < 1.29 is 9.42 Å². The number of carbonyl (C=O) groups excluding carboxylic acids is 1. The van der Waals surface area contributed by atoms with Gasteiger partial charge in [-0.3, -0.25) is 9.78 Å². The normalized spacial score (nSPS) is 17.8. The Hall–Kier alpha value is -2.51. The number of rotatable bonds is 5. The first-order valence-electron chi connectivity index (χ1n) is 8.20. The van der Waals surface area contributed by atoms with Gasteiger partial charge in [0.05, 0.1) is 12.1 Å². The molecule has 1 fully saturated rings. The van der Waals surface area contributed by atoms with Crippen LogP contribution in [0.4, 0.5) is 5.82 Å². The van der Waals surface area contributed by atoms with E-state index in [1.165, 1.54) is 0 Å². The van der Waals surface area contributed by atoms with Gasteiger partial charge in [-0.1, -0.05) is 10.3 Å². The standard InChI is InChI=1S/C16H22N6O2/c1-11-13(21-24-20-11)9-15(23)22-7-3-4-12(10-22)8-14-16(17-2)19-6-5-18-14/h5-6,12H,3-4,7-10H2,1-2H3,(H,17,19)/t12-/m1/s1. The summed E-state index contributed by atoms with van der Waals surface area (Å²) in [5.74, 6) is 1.28. The third kappa shape index (κ3) is 3.69. The Morgan fingerprint density at radius 1 is 1.33 bits per heavy atom. The second-order valence-electron chi connectivity index (χ2n) is 6.13. The first-order chi connectivity index (χ1) is 11.7. The van der Waals surface area contributed by atoms with Crippen LogP contribution in [0, 0.1) is 12.8 Å². The number of hydrogen-bond acceptors (Lipinski definition) is 7. The number of nitrogens with zero attached hydrogens (tertiary/aromatic N) is 5. The van der Waals surface area contributed by atoms with Crippen LogP contribution >= 0.6 is 0 Å². The van der Waals surface area contributed by atoms with Crippen LogP contribution in [0.1, 0.15) is 29.9 Å². The molecule has 0 aliphatic carbocycles. The van der Waals surface area contributed by atoms with Crippen molar-refractivity contribution in [3.05, 3.63) is 29.5 Å². The molecule has 128 valence electrons. The summed E-state index contributed by atoms with van der Waals surface area (Å²) in [7, 11) is 1.85. The highest BCUT2D eigenvalue weighted by molar-refractivity contribution is 5.78. The predicted octanol–water partition coefficient (Wildman–Crippen LogP) is 1.23. The van der Waals surface area contributed by atoms with Gasteiger partial charge in [0.15, 0.2) is 0 Å². The molecule has 1 amide bonds. The molecule has 8 heteroatoms. The van der Waals surface area contributed by atoms with Crippen molar-refractivity contribution in [2.45, 2.75) is 32.6 Å². The highest BCUT2D eigenvalue weighted by atomic mass is 16.6. The van der Waals surface area contributed by atoms with Gasteiger partial charge in [0, 0.05) is 32.5 Å². The maximum Gasteiger partial charge on any atom is 0.228 e. The Morgan fingerprint density at radius 2 is 2.17 bits per heavy atom. The smallest absolute Gasteiger partial charge is 0.228 e. The van der Waals surface area contributed by atoms with Crippen LogP contribution in [0.25, 0.3) is 0 Å². The first-order valence-corrected chi connectivity index (χ1v) is 8.20. The van der Waals surface area contributed by atoms with Crippen molar-refractivity contribution in [1.82, 2.24) is 25.2 Å². The van der Waals surface area contributed by atoms with Crippen molar-refractivity contribution in [3.8, 4) is 0 Å². The van der Waals surface area contributed by atoms with Crippen molar-refractivity contribution in [2.75, 3.05) is 25.5 Å². The zero-order valence-corrected chi connectivity index (χ0v) is 14.0. The SMILES string of the molecule is CNc1nccnc1C[C@H]1CCCN(C(=O)Cc2nonc2C)C1. The summed E-state index contributed by atoms with van der Waals surface area (Å²) in [5, 5.41) is 10.6. The molecule has 0 aromatic carbocycles. The summed E-state index contributed by atoms with van der Waals surface area (Å²) in [6, 6.07) is 0. The molecule has 3 heterocycles. The second kappa shape index (κ2) is 7.37. The molecular formula is C16H22N6O2. The Labute approximate surface area is 140 Å². The number of nitrogens with one attached hydrogen (secondary N) is 1. The van der Waals surface area contributed by atoms with E-state index < -0.39 is 0 Å². The van der Waals surface area contributed by atoms with Crippen LogP contribution in [0.3, 0.4) is 0 Å². The van der Waals surface area contributed by atoms with Crippen molar-refractivity contribution >= 4 is 11.7 Å². The fourth-order valence-corrected chi connectivity index (χ4v) is 3.12. The summed E-state index contributed by atoms with van der Waals surface area (Å²) >= 11 is 0. The molecule has 0 bridgehead atoms. The number of likely N-dealkylation sites (tertiary alicyclic amines) is 1. The maximum atomic E-state index is 12.5. The molecule has 1 saturated heterocycles. The van der Waals surface area contributed by atoms with Crippen LogP contribution in [0.2, 0.25) is 0 Å². The van der Waals surface area contributed by atoms with Gasteiger partial charge in [-0.2, -0.15) is 0 Å². The number of piperidine rings is 1. The lowest BCUT2D eigenvalue weighted by molar-refractivity contribution is -0.132. The van der Waals surface area contributed by atoms with E-state index in [4.69, 9.17) is 0 Å². The Kier molecular flexibility index (Phi) is 5.02. The van der Waals surface area contributed by atoms with Gasteiger partial charge in [0.1, 0.15) is 17.2 Å². The number of hydrogen-bond donors (Lipinski definition) is 1. The Balaban J connectivity index is 1.61. The van der Waals surface area contributed by atoms with Crippen LogP contribution < -0.4 is 5.32 Å². The van der Waals surface area contributed by atoms with E-state index in [9.17, 15) is 4.79 Å². The summed E-state index contributed by atoms with van der Waals surface area (Å²) in [5.41, 5.74) is 2.25. The molecule has 0 spiro atoms. The van der Waals surface area contributed by atoms with Crippen molar-refractivity contribution in [1.29, 1.82) is 0 Å². The summed E-state index contributed by atoms with van der Waals surface area (Å²) in [6.45, 7) is 3.33. The van der Waals surface area contributed by atoms with Gasteiger partial charge < -0.3 is 10.2 Å². The third-order valence-corrected chi connectivity index (χ3v) is 4.43. The molecule has 0 unspecified atom stereocenters. The van der Waals surface area contributed by atoms with Gasteiger partial charge in [0.2, 0.25) is 5.91 Å². The van der Waals surface area contributed by atoms with E-state index in [0.717, 1.165) is 43.9 Å². The molecule has 1 N–H and O–H groups in total. The molecule has 0 saturated carbocycles. The van der Waals surface area contributed by atoms with Gasteiger partial charge in [-0.15, -0.1) is 0 Å². The zero-order chi connectivity index (χ0) is 16.9. The summed E-state index contributed by atoms with van der Waals surface area (Å²) < 4.78 is 4.67. The number of carbonyl (C=O) groups is 1. The van der Waals surface area contributed by atoms with E-state index in [0.29, 0.717) is 17.3 Å². The topological polar surface area (TPSA) is 97.0 Å². The van der Waals surface area contributed by atoms with Gasteiger partial charge in [-0.05, 0) is 32.1 Å². The minimum Gasteiger partial charge on any atom is -0.372 e. The highest BCUT2D eigenvalue weighted by Gasteiger charge is 2.26. The quantitative estimate of drug-likeness (QED) is 0.880. The van der Waals surface area contributed by atoms with Gasteiger partial charge in [-0.25, -0.2) is 9.61 Å². The van der Waals surface area contributed by atoms with Crippen LogP contribution in [-0.2, 0) is 17.6 Å². The van der Waals surface area contributed by atoms with Gasteiger partial charge >= 0.3 is 0 Å². The van der Waals surface area contributed by atoms with Crippen LogP contribution in [-0.4, -0.2) is 51.2 Å². The van der Waals surface area contributed by atoms with E-state index >= 15 is 0 Å². The average Bonchev–Trinajstić information content (AvgIpc) is 3.00. The third-order valence-electron chi connectivity index (χ3n) is 4.43. The lowest BCUT2D eigenvalue weighted by Crippen LogP contribution is -2.41. The predicted molar refractivity (Wildman–Crippen MR) is 87.3 cm³/mol. The molecule has 2 aromatic rings. The number of amides is 1. The minimum absolute atomic E-state index is 0.0754. The van der Waals surface area contributed by atoms with E-state index in [2.05, 4.69) is 30.2 Å². The molecule has 24 heavy (non-hydrogen) atoms. The van der Waals surface area contributed by atoms with Crippen molar-refractivity contribution in [2.24, 2.45) is 5.92 Å². The van der Waals surface area contributed by atoms with Crippen LogP contribution in [0.15, 0.2) is 17.0 Å². The molecule has 1 aliphatic rings. The lowest BCUT2D eigenvalue weighted by Gasteiger charge is -2.32. The van der Waals surface area contributed by atoms with Crippen molar-refractivity contribution in [3.63, 3.8) is 0 Å². The second-order valence-corrected chi connectivity index (χ2v) is 6.13. The monoisotopic (exact) mass is 330 g/mol. The number of aryl methyl sites for hydroxylation is 1.